The van der Waals surface area contributed by atoms with Crippen LogP contribution in [0.2, 0.25) is 0 Å². The zero-order valence-corrected chi connectivity index (χ0v) is 11.5. The lowest BCUT2D eigenvalue weighted by Gasteiger charge is -2.20. The van der Waals surface area contributed by atoms with Gasteiger partial charge in [0.1, 0.15) is 0 Å². The van der Waals surface area contributed by atoms with Crippen LogP contribution in [-0.2, 0) is 0 Å². The van der Waals surface area contributed by atoms with Crippen LogP contribution < -0.4 is 0 Å². The van der Waals surface area contributed by atoms with Crippen LogP contribution in [0.25, 0.3) is 0 Å². The molecule has 0 aromatic heterocycles. The number of rotatable bonds is 10. The van der Waals surface area contributed by atoms with E-state index in [1.807, 2.05) is 0 Å². The fourth-order valence-corrected chi connectivity index (χ4v) is 2.55. The molecule has 0 fully saturated rings. The van der Waals surface area contributed by atoms with E-state index < -0.39 is 0 Å². The normalized spacial score (nSPS) is 13.4. The number of hydrogen-bond acceptors (Lipinski definition) is 0. The van der Waals surface area contributed by atoms with E-state index >= 15 is 0 Å². The standard InChI is InChI=1S/C15H32/c1-5-8-11-15(12-9-6-2)13-14(4)10-7-3/h14-15H,5-13H2,1-4H3. The molecule has 0 spiro atoms. The van der Waals surface area contributed by atoms with Crippen LogP contribution in [0.3, 0.4) is 0 Å². The van der Waals surface area contributed by atoms with Crippen LogP contribution in [0.4, 0.5) is 0 Å². The average molecular weight is 212 g/mol. The van der Waals surface area contributed by atoms with Crippen LogP contribution >= 0.6 is 0 Å². The Hall–Kier alpha value is 0. The summed E-state index contributed by atoms with van der Waals surface area (Å²) in [5, 5.41) is 0. The highest BCUT2D eigenvalue weighted by Crippen LogP contribution is 2.25. The molecular weight excluding hydrogens is 180 g/mol. The molecule has 0 heteroatoms. The van der Waals surface area contributed by atoms with E-state index in [9.17, 15) is 0 Å². The van der Waals surface area contributed by atoms with Gasteiger partial charge in [-0.1, -0.05) is 79.1 Å². The molecule has 0 nitrogen and oxygen atoms in total. The zero-order chi connectivity index (χ0) is 11.5. The van der Waals surface area contributed by atoms with Crippen molar-refractivity contribution in [3.63, 3.8) is 0 Å². The smallest absolute Gasteiger partial charge is 0.0412 e. The van der Waals surface area contributed by atoms with Crippen molar-refractivity contribution in [3.05, 3.63) is 0 Å². The molecule has 0 rings (SSSR count). The summed E-state index contributed by atoms with van der Waals surface area (Å²) in [7, 11) is 0. The van der Waals surface area contributed by atoms with E-state index in [1.54, 1.807) is 0 Å². The van der Waals surface area contributed by atoms with Gasteiger partial charge < -0.3 is 0 Å². The van der Waals surface area contributed by atoms with Crippen molar-refractivity contribution in [2.24, 2.45) is 11.8 Å². The topological polar surface area (TPSA) is 0 Å². The molecule has 0 aromatic rings. The third-order valence-corrected chi connectivity index (χ3v) is 3.45. The first kappa shape index (κ1) is 15.0. The Kier molecular flexibility index (Phi) is 10.5. The highest BCUT2D eigenvalue weighted by Gasteiger charge is 2.11. The van der Waals surface area contributed by atoms with Gasteiger partial charge in [-0.2, -0.15) is 0 Å². The van der Waals surface area contributed by atoms with Crippen molar-refractivity contribution >= 4 is 0 Å². The van der Waals surface area contributed by atoms with Crippen molar-refractivity contribution in [2.75, 3.05) is 0 Å². The molecule has 1 atom stereocenters. The van der Waals surface area contributed by atoms with Crippen molar-refractivity contribution in [1.29, 1.82) is 0 Å². The van der Waals surface area contributed by atoms with E-state index in [-0.39, 0.29) is 0 Å². The van der Waals surface area contributed by atoms with Gasteiger partial charge in [0, 0.05) is 0 Å². The summed E-state index contributed by atoms with van der Waals surface area (Å²) in [4.78, 5) is 0. The maximum absolute atomic E-state index is 2.44. The second kappa shape index (κ2) is 10.5. The van der Waals surface area contributed by atoms with Crippen molar-refractivity contribution in [2.45, 2.75) is 85.5 Å². The molecule has 0 N–H and O–H groups in total. The minimum atomic E-state index is 0.953. The fraction of sp³-hybridized carbons (Fsp3) is 1.00. The van der Waals surface area contributed by atoms with Gasteiger partial charge in [-0.25, -0.2) is 0 Å². The number of unbranched alkanes of at least 4 members (excludes halogenated alkanes) is 2. The van der Waals surface area contributed by atoms with Gasteiger partial charge >= 0.3 is 0 Å². The van der Waals surface area contributed by atoms with Crippen LogP contribution in [0.15, 0.2) is 0 Å². The summed E-state index contributed by atoms with van der Waals surface area (Å²) < 4.78 is 0. The lowest BCUT2D eigenvalue weighted by atomic mass is 9.86. The van der Waals surface area contributed by atoms with E-state index in [0.717, 1.165) is 11.8 Å². The van der Waals surface area contributed by atoms with Gasteiger partial charge in [-0.3, -0.25) is 0 Å². The Labute approximate surface area is 97.8 Å². The van der Waals surface area contributed by atoms with E-state index in [2.05, 4.69) is 27.7 Å². The van der Waals surface area contributed by atoms with Crippen molar-refractivity contribution < 1.29 is 0 Å². The molecule has 0 saturated carbocycles. The molecule has 0 saturated heterocycles. The Morgan fingerprint density at radius 1 is 0.733 bits per heavy atom. The van der Waals surface area contributed by atoms with E-state index in [4.69, 9.17) is 0 Å². The Bertz CT molecular complexity index is 109. The molecule has 0 radical (unpaired) electrons. The van der Waals surface area contributed by atoms with Crippen LogP contribution in [0.1, 0.15) is 85.5 Å². The highest BCUT2D eigenvalue weighted by atomic mass is 14.2. The minimum Gasteiger partial charge on any atom is -0.0654 e. The monoisotopic (exact) mass is 212 g/mol. The zero-order valence-electron chi connectivity index (χ0n) is 11.5. The minimum absolute atomic E-state index is 0.953. The van der Waals surface area contributed by atoms with Gasteiger partial charge in [0.2, 0.25) is 0 Å². The van der Waals surface area contributed by atoms with Gasteiger partial charge in [-0.15, -0.1) is 0 Å². The van der Waals surface area contributed by atoms with Crippen LogP contribution in [-0.4, -0.2) is 0 Å². The fourth-order valence-electron chi connectivity index (χ4n) is 2.55. The average Bonchev–Trinajstić information content (AvgIpc) is 2.22. The molecule has 0 aromatic carbocycles. The maximum Gasteiger partial charge on any atom is -0.0412 e. The summed E-state index contributed by atoms with van der Waals surface area (Å²) in [6, 6.07) is 0. The second-order valence-electron chi connectivity index (χ2n) is 5.28. The van der Waals surface area contributed by atoms with Crippen LogP contribution in [0.5, 0.6) is 0 Å². The third kappa shape index (κ3) is 8.96. The predicted octanol–water partition coefficient (Wildman–Crippen LogP) is 5.81. The number of hydrogen-bond donors (Lipinski definition) is 0. The first-order valence-corrected chi connectivity index (χ1v) is 7.24. The first-order chi connectivity index (χ1) is 7.24. The summed E-state index contributed by atoms with van der Waals surface area (Å²) >= 11 is 0. The summed E-state index contributed by atoms with van der Waals surface area (Å²) in [6.07, 6.45) is 12.8. The van der Waals surface area contributed by atoms with Gasteiger partial charge in [0.15, 0.2) is 0 Å². The second-order valence-corrected chi connectivity index (χ2v) is 5.28. The molecule has 0 bridgehead atoms. The Morgan fingerprint density at radius 2 is 1.27 bits per heavy atom. The van der Waals surface area contributed by atoms with Gasteiger partial charge in [0.25, 0.3) is 0 Å². The molecule has 15 heavy (non-hydrogen) atoms. The largest absolute Gasteiger partial charge is 0.0654 e. The summed E-state index contributed by atoms with van der Waals surface area (Å²) in [5.41, 5.74) is 0. The van der Waals surface area contributed by atoms with Gasteiger partial charge in [-0.05, 0) is 18.3 Å². The third-order valence-electron chi connectivity index (χ3n) is 3.45. The molecule has 0 heterocycles. The molecule has 0 aliphatic rings. The lowest BCUT2D eigenvalue weighted by molar-refractivity contribution is 0.323. The van der Waals surface area contributed by atoms with Crippen molar-refractivity contribution in [1.82, 2.24) is 0 Å². The quantitative estimate of drug-likeness (QED) is 0.429. The highest BCUT2D eigenvalue weighted by molar-refractivity contribution is 4.64. The Balaban J connectivity index is 3.76. The SMILES string of the molecule is CCCCC(CCCC)CC(C)CCC. The molecule has 0 aliphatic carbocycles. The predicted molar refractivity (Wildman–Crippen MR) is 71.2 cm³/mol. The van der Waals surface area contributed by atoms with E-state index in [0.29, 0.717) is 0 Å². The lowest BCUT2D eigenvalue weighted by Crippen LogP contribution is -2.07. The van der Waals surface area contributed by atoms with Crippen molar-refractivity contribution in [3.8, 4) is 0 Å². The molecule has 1 unspecified atom stereocenters. The molecule has 0 aliphatic heterocycles. The van der Waals surface area contributed by atoms with E-state index in [1.165, 1.54) is 57.8 Å². The summed E-state index contributed by atoms with van der Waals surface area (Å²) in [5.74, 6) is 1.97. The molecular formula is C15H32. The van der Waals surface area contributed by atoms with Gasteiger partial charge in [0.05, 0.1) is 0 Å². The molecule has 0 amide bonds. The van der Waals surface area contributed by atoms with Crippen LogP contribution in [0, 0.1) is 11.8 Å². The Morgan fingerprint density at radius 3 is 1.67 bits per heavy atom. The molecule has 92 valence electrons. The first-order valence-electron chi connectivity index (χ1n) is 7.24. The summed E-state index contributed by atoms with van der Waals surface area (Å²) in [6.45, 7) is 9.37. The maximum atomic E-state index is 2.44.